The number of carbonyl (C=O) groups excluding carboxylic acids is 1. The number of ether oxygens (including phenoxy) is 1. The van der Waals surface area contributed by atoms with E-state index in [4.69, 9.17) is 0 Å². The maximum absolute atomic E-state index is 12.7. The molecule has 4 rings (SSSR count). The minimum absolute atomic E-state index is 0.224. The molecular weight excluding hydrogens is 501 g/mol. The van der Waals surface area contributed by atoms with E-state index in [-0.39, 0.29) is 17.6 Å². The molecule has 0 radical (unpaired) electrons. The molecule has 0 saturated carbocycles. The topological polar surface area (TPSA) is 76.1 Å². The fourth-order valence-corrected chi connectivity index (χ4v) is 3.91. The number of hydrogen-bond donors (Lipinski definition) is 3. The second kappa shape index (κ2) is 10.9. The van der Waals surface area contributed by atoms with Crippen molar-refractivity contribution >= 4 is 35.9 Å². The van der Waals surface area contributed by atoms with Gasteiger partial charge in [-0.2, -0.15) is 12.6 Å². The Morgan fingerprint density at radius 3 is 2.22 bits per heavy atom. The summed E-state index contributed by atoms with van der Waals surface area (Å²) in [6.07, 6.45) is -3.16. The first kappa shape index (κ1) is 26.0. The van der Waals surface area contributed by atoms with Crippen molar-refractivity contribution in [3.8, 4) is 17.0 Å². The molecule has 1 aromatic heterocycles. The molecule has 3 aromatic carbocycles. The molecule has 2 N–H and O–H groups in total. The second-order valence-electron chi connectivity index (χ2n) is 8.22. The molecule has 1 amide bonds. The third-order valence-electron chi connectivity index (χ3n) is 5.52. The Kier molecular flexibility index (Phi) is 7.68. The van der Waals surface area contributed by atoms with Gasteiger partial charge in [0.2, 0.25) is 5.95 Å². The van der Waals surface area contributed by atoms with E-state index >= 15 is 0 Å². The lowest BCUT2D eigenvalue weighted by Crippen LogP contribution is -2.16. The largest absolute Gasteiger partial charge is 0.573 e. The van der Waals surface area contributed by atoms with E-state index in [1.165, 1.54) is 24.3 Å². The summed E-state index contributed by atoms with van der Waals surface area (Å²) in [5.41, 5.74) is 5.70. The number of anilines is 3. The van der Waals surface area contributed by atoms with Crippen LogP contribution in [0.2, 0.25) is 0 Å². The number of thiol groups is 1. The van der Waals surface area contributed by atoms with Gasteiger partial charge in [-0.1, -0.05) is 18.2 Å². The number of benzene rings is 3. The Morgan fingerprint density at radius 1 is 0.973 bits per heavy atom. The maximum Gasteiger partial charge on any atom is 0.573 e. The van der Waals surface area contributed by atoms with E-state index in [9.17, 15) is 18.0 Å². The quantitative estimate of drug-likeness (QED) is 0.225. The first-order chi connectivity index (χ1) is 17.6. The monoisotopic (exact) mass is 524 g/mol. The van der Waals surface area contributed by atoms with E-state index in [1.54, 1.807) is 30.5 Å². The predicted octanol–water partition coefficient (Wildman–Crippen LogP) is 7.08. The summed E-state index contributed by atoms with van der Waals surface area (Å²) in [6, 6.07) is 18.1. The Balaban J connectivity index is 1.50. The van der Waals surface area contributed by atoms with Gasteiger partial charge in [-0.15, -0.1) is 13.2 Å². The predicted molar refractivity (Wildman–Crippen MR) is 140 cm³/mol. The molecule has 0 atom stereocenters. The smallest absolute Gasteiger partial charge is 0.406 e. The summed E-state index contributed by atoms with van der Waals surface area (Å²) in [5, 5.41) is 6.05. The van der Waals surface area contributed by atoms with Crippen molar-refractivity contribution in [3.63, 3.8) is 0 Å². The van der Waals surface area contributed by atoms with Crippen molar-refractivity contribution < 1.29 is 22.7 Å². The zero-order valence-corrected chi connectivity index (χ0v) is 20.8. The molecule has 0 bridgehead atoms. The van der Waals surface area contributed by atoms with E-state index in [0.717, 1.165) is 16.8 Å². The van der Waals surface area contributed by atoms with Crippen LogP contribution in [0.4, 0.5) is 30.5 Å². The second-order valence-corrected chi connectivity index (χ2v) is 8.54. The van der Waals surface area contributed by atoms with Gasteiger partial charge in [0.1, 0.15) is 5.75 Å². The van der Waals surface area contributed by atoms with Crippen molar-refractivity contribution in [2.45, 2.75) is 26.0 Å². The minimum Gasteiger partial charge on any atom is -0.406 e. The van der Waals surface area contributed by atoms with Crippen LogP contribution in [0.25, 0.3) is 11.3 Å². The molecule has 0 unspecified atom stereocenters. The standard InChI is InChI=1S/C27H23F3N4O2S/c1-16-4-3-5-17(2)23(16)33-25(35)19-6-10-21(11-7-19)32-26-31-14-20(15-37)24(34-26)18-8-12-22(13-9-18)36-27(28,29)30/h3-14,37H,15H2,1-2H3,(H,33,35)(H,31,32,34). The average Bonchev–Trinajstić information content (AvgIpc) is 2.86. The minimum atomic E-state index is -4.76. The molecule has 4 aromatic rings. The summed E-state index contributed by atoms with van der Waals surface area (Å²) in [5.74, 6) is 0.0703. The number of aryl methyl sites for hydroxylation is 2. The van der Waals surface area contributed by atoms with Crippen molar-refractivity contribution in [1.29, 1.82) is 0 Å². The zero-order valence-electron chi connectivity index (χ0n) is 19.9. The lowest BCUT2D eigenvalue weighted by Gasteiger charge is -2.13. The highest BCUT2D eigenvalue weighted by Gasteiger charge is 2.31. The van der Waals surface area contributed by atoms with Gasteiger partial charge in [-0.3, -0.25) is 4.79 Å². The van der Waals surface area contributed by atoms with Gasteiger partial charge < -0.3 is 15.4 Å². The molecule has 0 saturated heterocycles. The Morgan fingerprint density at radius 2 is 1.62 bits per heavy atom. The fraction of sp³-hybridized carbons (Fsp3) is 0.148. The zero-order chi connectivity index (χ0) is 26.6. The van der Waals surface area contributed by atoms with Gasteiger partial charge in [0, 0.05) is 40.0 Å². The van der Waals surface area contributed by atoms with Crippen LogP contribution in [0.15, 0.2) is 72.9 Å². The number of nitrogens with zero attached hydrogens (tertiary/aromatic N) is 2. The van der Waals surface area contributed by atoms with Crippen molar-refractivity contribution in [1.82, 2.24) is 9.97 Å². The fourth-order valence-electron chi connectivity index (χ4n) is 3.68. The van der Waals surface area contributed by atoms with Crippen molar-refractivity contribution in [3.05, 3.63) is 95.2 Å². The van der Waals surface area contributed by atoms with Gasteiger partial charge in [0.15, 0.2) is 0 Å². The summed E-state index contributed by atoms with van der Waals surface area (Å²) in [4.78, 5) is 21.6. The number of carbonyl (C=O) groups is 1. The number of alkyl halides is 3. The summed E-state index contributed by atoms with van der Waals surface area (Å²) >= 11 is 4.31. The molecule has 0 aliphatic heterocycles. The van der Waals surface area contributed by atoms with Crippen molar-refractivity contribution in [2.24, 2.45) is 0 Å². The number of hydrogen-bond acceptors (Lipinski definition) is 6. The Labute approximate surface area is 217 Å². The van der Waals surface area contributed by atoms with Gasteiger partial charge in [0.25, 0.3) is 5.91 Å². The molecule has 6 nitrogen and oxygen atoms in total. The van der Waals surface area contributed by atoms with Gasteiger partial charge >= 0.3 is 6.36 Å². The normalized spacial score (nSPS) is 11.2. The van der Waals surface area contributed by atoms with Gasteiger partial charge in [-0.25, -0.2) is 9.97 Å². The number of halogens is 3. The third kappa shape index (κ3) is 6.59. The van der Waals surface area contributed by atoms with Crippen LogP contribution >= 0.6 is 12.6 Å². The number of amides is 1. The van der Waals surface area contributed by atoms with Crippen LogP contribution < -0.4 is 15.4 Å². The van der Waals surface area contributed by atoms with Gasteiger partial charge in [0.05, 0.1) is 5.69 Å². The lowest BCUT2D eigenvalue weighted by molar-refractivity contribution is -0.274. The van der Waals surface area contributed by atoms with E-state index in [1.807, 2.05) is 32.0 Å². The molecule has 10 heteroatoms. The van der Waals surface area contributed by atoms with E-state index in [0.29, 0.717) is 33.8 Å². The van der Waals surface area contributed by atoms with Crippen LogP contribution in [0.3, 0.4) is 0 Å². The number of rotatable bonds is 7. The van der Waals surface area contributed by atoms with Crippen LogP contribution in [0.1, 0.15) is 27.0 Å². The van der Waals surface area contributed by atoms with E-state index in [2.05, 4.69) is 38.0 Å². The molecule has 37 heavy (non-hydrogen) atoms. The molecule has 0 aliphatic rings. The summed E-state index contributed by atoms with van der Waals surface area (Å²) in [7, 11) is 0. The SMILES string of the molecule is Cc1cccc(C)c1NC(=O)c1ccc(Nc2ncc(CS)c(-c3ccc(OC(F)(F)F)cc3)n2)cc1. The lowest BCUT2D eigenvalue weighted by atomic mass is 10.1. The summed E-state index contributed by atoms with van der Waals surface area (Å²) in [6.45, 7) is 3.88. The number of nitrogens with one attached hydrogen (secondary N) is 2. The Hall–Kier alpha value is -4.05. The molecule has 1 heterocycles. The third-order valence-corrected chi connectivity index (χ3v) is 5.86. The molecule has 0 spiro atoms. The maximum atomic E-state index is 12.7. The summed E-state index contributed by atoms with van der Waals surface area (Å²) < 4.78 is 41.3. The van der Waals surface area contributed by atoms with Crippen LogP contribution in [-0.4, -0.2) is 22.2 Å². The molecule has 190 valence electrons. The van der Waals surface area contributed by atoms with Crippen LogP contribution in [0.5, 0.6) is 5.75 Å². The average molecular weight is 525 g/mol. The van der Waals surface area contributed by atoms with E-state index < -0.39 is 6.36 Å². The number of para-hydroxylation sites is 1. The molecule has 0 fully saturated rings. The van der Waals surface area contributed by atoms with Crippen LogP contribution in [-0.2, 0) is 5.75 Å². The Bertz CT molecular complexity index is 1390. The van der Waals surface area contributed by atoms with Crippen LogP contribution in [0, 0.1) is 13.8 Å². The highest BCUT2D eigenvalue weighted by atomic mass is 32.1. The number of aromatic nitrogens is 2. The first-order valence-electron chi connectivity index (χ1n) is 11.2. The van der Waals surface area contributed by atoms with Gasteiger partial charge in [-0.05, 0) is 73.5 Å². The highest BCUT2D eigenvalue weighted by molar-refractivity contribution is 7.79. The highest BCUT2D eigenvalue weighted by Crippen LogP contribution is 2.29. The first-order valence-corrected chi connectivity index (χ1v) is 11.8. The van der Waals surface area contributed by atoms with Crippen molar-refractivity contribution in [2.75, 3.05) is 10.6 Å². The molecular formula is C27H23F3N4O2S. The molecule has 0 aliphatic carbocycles.